The van der Waals surface area contributed by atoms with E-state index in [1.807, 2.05) is 12.4 Å². The van der Waals surface area contributed by atoms with Crippen molar-refractivity contribution < 1.29 is 0 Å². The van der Waals surface area contributed by atoms with E-state index < -0.39 is 0 Å². The summed E-state index contributed by atoms with van der Waals surface area (Å²) < 4.78 is 10.3. The minimum absolute atomic E-state index is 0.514. The fourth-order valence-corrected chi connectivity index (χ4v) is 14.5. The predicted octanol–water partition coefficient (Wildman–Crippen LogP) is 20.8. The van der Waals surface area contributed by atoms with E-state index in [9.17, 15) is 0 Å². The third kappa shape index (κ3) is 8.14. The van der Waals surface area contributed by atoms with Crippen LogP contribution in [0.4, 0.5) is 0 Å². The first kappa shape index (κ1) is 53.1. The van der Waals surface area contributed by atoms with Crippen LogP contribution in [0.5, 0.6) is 0 Å². The second kappa shape index (κ2) is 20.2. The van der Waals surface area contributed by atoms with Crippen molar-refractivity contribution in [3.05, 3.63) is 275 Å². The van der Waals surface area contributed by atoms with Gasteiger partial charge in [-0.2, -0.15) is 0 Å². The maximum atomic E-state index is 5.96. The van der Waals surface area contributed by atoms with E-state index in [0.717, 1.165) is 127 Å². The lowest BCUT2D eigenvalue weighted by molar-refractivity contribution is 1.02. The van der Waals surface area contributed by atoms with Crippen LogP contribution in [0.3, 0.4) is 0 Å². The van der Waals surface area contributed by atoms with Gasteiger partial charge in [-0.05, 0) is 170 Å². The monoisotopic (exact) mass is 1160 g/mol. The molecule has 0 N–H and O–H groups in total. The summed E-state index contributed by atoms with van der Waals surface area (Å²) in [5, 5.41) is 9.26. The average molecular weight is 1160 g/mol. The number of aromatic nitrogens is 8. The molecule has 430 valence electrons. The van der Waals surface area contributed by atoms with Gasteiger partial charge in [-0.3, -0.25) is 4.98 Å². The smallest absolute Gasteiger partial charge is 0.168 e. The highest BCUT2D eigenvalue weighted by Gasteiger charge is 2.37. The first-order valence-corrected chi connectivity index (χ1v) is 31.0. The molecule has 0 saturated heterocycles. The van der Waals surface area contributed by atoms with Crippen molar-refractivity contribution in [3.63, 3.8) is 0 Å². The summed E-state index contributed by atoms with van der Waals surface area (Å²) >= 11 is 0. The van der Waals surface area contributed by atoms with Crippen molar-refractivity contribution in [1.29, 1.82) is 0 Å². The van der Waals surface area contributed by atoms with E-state index in [1.54, 1.807) is 0 Å². The molecule has 8 nitrogen and oxygen atoms in total. The molecule has 17 aromatic rings. The fourth-order valence-electron chi connectivity index (χ4n) is 14.5. The Morgan fingerprint density at radius 1 is 0.222 bits per heavy atom. The maximum absolute atomic E-state index is 5.96. The summed E-state index contributed by atoms with van der Waals surface area (Å²) in [5.41, 5.74) is 26.2. The van der Waals surface area contributed by atoms with Crippen LogP contribution in [0.1, 0.15) is 44.5 Å². The van der Waals surface area contributed by atoms with Crippen LogP contribution >= 0.6 is 0 Å². The highest BCUT2D eigenvalue weighted by Crippen LogP contribution is 2.55. The molecule has 6 heterocycles. The van der Waals surface area contributed by atoms with Crippen molar-refractivity contribution in [2.24, 2.45) is 0 Å². The molecule has 11 aromatic carbocycles. The summed E-state index contributed by atoms with van der Waals surface area (Å²) in [6, 6.07) is 80.9. The molecular weight excluding hydrogens is 1100 g/mol. The Morgan fingerprint density at radius 3 is 0.778 bits per heavy atom. The number of hydrogen-bond acceptors (Lipinski definition) is 4. The standard InChI is InChI=1S/C82H62N8/c1-47-19-27-66-58(39-47)59-40-48(2)20-28-67(59)87(66)76-74(55-35-37-83-38-36-55)77(88-68-29-21-49(3)41-60(68)61-42-50(4)22-30-69(61)88)79(90-72-33-25-53(7)45-64(72)65-46-54(8)26-34-73(65)90)78(89-70-31-23-51(5)43-62(70)63-44-52(6)24-32-71(63)89)75(76)82-85-80(56-15-11-9-12-16-56)84-81(86-82)57-17-13-10-14-18-57/h9-46H,1-8H3. The van der Waals surface area contributed by atoms with Gasteiger partial charge in [0.2, 0.25) is 0 Å². The molecule has 0 bridgehead atoms. The highest BCUT2D eigenvalue weighted by molar-refractivity contribution is 6.19. The Morgan fingerprint density at radius 2 is 0.478 bits per heavy atom. The van der Waals surface area contributed by atoms with Gasteiger partial charge in [-0.1, -0.05) is 154 Å². The normalized spacial score (nSPS) is 12.0. The molecule has 90 heavy (non-hydrogen) atoms. The minimum Gasteiger partial charge on any atom is -0.308 e. The van der Waals surface area contributed by atoms with Gasteiger partial charge < -0.3 is 18.3 Å². The number of rotatable bonds is 8. The Labute approximate surface area is 521 Å². The van der Waals surface area contributed by atoms with E-state index >= 15 is 0 Å². The number of benzene rings is 11. The largest absolute Gasteiger partial charge is 0.308 e. The van der Waals surface area contributed by atoms with E-state index in [0.29, 0.717) is 17.5 Å². The van der Waals surface area contributed by atoms with Crippen molar-refractivity contribution in [1.82, 2.24) is 38.2 Å². The van der Waals surface area contributed by atoms with E-state index in [2.05, 4.69) is 292 Å². The van der Waals surface area contributed by atoms with Gasteiger partial charge in [0.25, 0.3) is 0 Å². The first-order valence-electron chi connectivity index (χ1n) is 31.0. The molecule has 0 aliphatic rings. The van der Waals surface area contributed by atoms with Crippen LogP contribution < -0.4 is 0 Å². The third-order valence-corrected chi connectivity index (χ3v) is 18.5. The highest BCUT2D eigenvalue weighted by atomic mass is 15.1. The lowest BCUT2D eigenvalue weighted by atomic mass is 9.92. The molecule has 0 unspecified atom stereocenters. The molecule has 8 heteroatoms. The topological polar surface area (TPSA) is 71.3 Å². The van der Waals surface area contributed by atoms with Crippen molar-refractivity contribution >= 4 is 87.2 Å². The van der Waals surface area contributed by atoms with Gasteiger partial charge in [-0.15, -0.1) is 0 Å². The van der Waals surface area contributed by atoms with Crippen molar-refractivity contribution in [2.45, 2.75) is 55.4 Å². The van der Waals surface area contributed by atoms with E-state index in [1.165, 1.54) is 55.3 Å². The quantitative estimate of drug-likeness (QED) is 0.152. The van der Waals surface area contributed by atoms with E-state index in [-0.39, 0.29) is 0 Å². The molecule has 0 spiro atoms. The summed E-state index contributed by atoms with van der Waals surface area (Å²) in [7, 11) is 0. The number of pyridine rings is 1. The maximum Gasteiger partial charge on any atom is 0.168 e. The molecule has 0 amide bonds. The van der Waals surface area contributed by atoms with Crippen LogP contribution in [-0.2, 0) is 0 Å². The van der Waals surface area contributed by atoms with Gasteiger partial charge in [0, 0.05) is 72.2 Å². The molecule has 17 rings (SSSR count). The molecule has 0 saturated carbocycles. The molecule has 0 aliphatic carbocycles. The second-order valence-electron chi connectivity index (χ2n) is 24.9. The zero-order chi connectivity index (χ0) is 60.8. The van der Waals surface area contributed by atoms with Crippen LogP contribution in [0, 0.1) is 55.4 Å². The molecule has 0 fully saturated rings. The molecule has 0 radical (unpaired) electrons. The molecule has 0 atom stereocenters. The summed E-state index contributed by atoms with van der Waals surface area (Å²) in [5.74, 6) is 1.64. The summed E-state index contributed by atoms with van der Waals surface area (Å²) in [6.07, 6.45) is 3.89. The summed E-state index contributed by atoms with van der Waals surface area (Å²) in [4.78, 5) is 22.2. The Bertz CT molecular complexity index is 5570. The second-order valence-corrected chi connectivity index (χ2v) is 24.9. The Kier molecular flexibility index (Phi) is 11.9. The lowest BCUT2D eigenvalue weighted by Gasteiger charge is -2.31. The zero-order valence-electron chi connectivity index (χ0n) is 51.5. The molecule has 6 aromatic heterocycles. The van der Waals surface area contributed by atoms with Gasteiger partial charge in [0.1, 0.15) is 0 Å². The van der Waals surface area contributed by atoms with E-state index in [4.69, 9.17) is 19.9 Å². The molecular formula is C82H62N8. The predicted molar refractivity (Wildman–Crippen MR) is 375 cm³/mol. The van der Waals surface area contributed by atoms with Crippen molar-refractivity contribution in [3.8, 4) is 68.0 Å². The third-order valence-electron chi connectivity index (χ3n) is 18.5. The van der Waals surface area contributed by atoms with Crippen LogP contribution in [0.15, 0.2) is 231 Å². The zero-order valence-corrected chi connectivity index (χ0v) is 51.5. The van der Waals surface area contributed by atoms with Crippen LogP contribution in [-0.4, -0.2) is 38.2 Å². The van der Waals surface area contributed by atoms with Crippen molar-refractivity contribution in [2.75, 3.05) is 0 Å². The average Bonchev–Trinajstić information content (AvgIpc) is 1.37. The number of fused-ring (bicyclic) bond motifs is 12. The summed E-state index contributed by atoms with van der Waals surface area (Å²) in [6.45, 7) is 17.6. The van der Waals surface area contributed by atoms with Gasteiger partial charge in [-0.25, -0.2) is 15.0 Å². The number of aryl methyl sites for hydroxylation is 8. The van der Waals surface area contributed by atoms with Gasteiger partial charge >= 0.3 is 0 Å². The Balaban J connectivity index is 1.27. The Hall–Kier alpha value is -11.2. The SMILES string of the molecule is Cc1ccc2c(c1)c1cc(C)ccc1n2-c1c(-c2ccncc2)c(-n2c3ccc(C)cc3c3cc(C)ccc32)c(-n2c3ccc(C)cc3c3cc(C)ccc32)c(-n2c3ccc(C)cc3c3cc(C)ccc32)c1-c1nc(-c2ccccc2)nc(-c2ccccc2)n1. The minimum atomic E-state index is 0.514. The number of nitrogens with zero attached hydrogens (tertiary/aromatic N) is 8. The van der Waals surface area contributed by atoms with Crippen LogP contribution in [0.25, 0.3) is 155 Å². The first-order chi connectivity index (χ1) is 43.9. The lowest BCUT2D eigenvalue weighted by Crippen LogP contribution is -2.17. The number of hydrogen-bond donors (Lipinski definition) is 0. The molecule has 0 aliphatic heterocycles. The van der Waals surface area contributed by atoms with Crippen LogP contribution in [0.2, 0.25) is 0 Å². The van der Waals surface area contributed by atoms with Gasteiger partial charge in [0.15, 0.2) is 17.5 Å². The fraction of sp³-hybridized carbons (Fsp3) is 0.0976. The van der Waals surface area contributed by atoms with Gasteiger partial charge in [0.05, 0.1) is 72.4 Å².